The zero-order valence-corrected chi connectivity index (χ0v) is 15.8. The van der Waals surface area contributed by atoms with Crippen molar-refractivity contribution in [3.05, 3.63) is 47.6 Å². The molecule has 0 radical (unpaired) electrons. The number of ether oxygens (including phenoxy) is 3. The highest BCUT2D eigenvalue weighted by Gasteiger charge is 2.14. The minimum Gasteiger partial charge on any atom is -0.497 e. The van der Waals surface area contributed by atoms with E-state index in [0.29, 0.717) is 28.0 Å². The molecule has 0 bridgehead atoms. The fourth-order valence-electron chi connectivity index (χ4n) is 2.23. The molecule has 3 aromatic rings. The molecule has 1 aromatic carbocycles. The zero-order valence-electron chi connectivity index (χ0n) is 15.0. The molecule has 0 fully saturated rings. The molecule has 2 aromatic heterocycles. The van der Waals surface area contributed by atoms with Crippen LogP contribution in [-0.4, -0.2) is 30.3 Å². The Kier molecular flexibility index (Phi) is 5.72. The van der Waals surface area contributed by atoms with Crippen LogP contribution in [0.5, 0.6) is 17.4 Å². The minimum atomic E-state index is -0.676. The molecule has 0 aliphatic heterocycles. The van der Waals surface area contributed by atoms with Gasteiger partial charge in [-0.05, 0) is 19.1 Å². The summed E-state index contributed by atoms with van der Waals surface area (Å²) in [5.74, 6) is 1.83. The summed E-state index contributed by atoms with van der Waals surface area (Å²) in [6.45, 7) is 1.83. The van der Waals surface area contributed by atoms with E-state index >= 15 is 0 Å². The maximum Gasteiger partial charge on any atom is 0.419 e. The molecule has 2 heterocycles. The Morgan fingerprint density at radius 3 is 2.52 bits per heavy atom. The van der Waals surface area contributed by atoms with E-state index in [9.17, 15) is 4.79 Å². The van der Waals surface area contributed by atoms with E-state index in [1.165, 1.54) is 11.3 Å². The zero-order chi connectivity index (χ0) is 19.2. The van der Waals surface area contributed by atoms with E-state index in [1.54, 1.807) is 50.1 Å². The normalized spacial score (nSPS) is 10.2. The van der Waals surface area contributed by atoms with Crippen LogP contribution in [-0.2, 0) is 0 Å². The standard InChI is InChI=1S/C18H18N4O4S/c1-11-5-4-6-15(20-11)22-18(23)26-16-17(27-10-19-16)21-12-7-13(24-2)9-14(8-12)25-3/h4-10,21H,1-3H3,(H,20,22,23). The average Bonchev–Trinajstić information content (AvgIpc) is 3.07. The Labute approximate surface area is 160 Å². The first-order valence-electron chi connectivity index (χ1n) is 7.93. The maximum atomic E-state index is 12.1. The van der Waals surface area contributed by atoms with E-state index in [4.69, 9.17) is 14.2 Å². The minimum absolute atomic E-state index is 0.159. The first-order valence-corrected chi connectivity index (χ1v) is 8.81. The number of aromatic nitrogens is 2. The lowest BCUT2D eigenvalue weighted by atomic mass is 10.3. The van der Waals surface area contributed by atoms with Gasteiger partial charge in [0.05, 0.1) is 19.7 Å². The number of benzene rings is 1. The van der Waals surface area contributed by atoms with Gasteiger partial charge in [0.15, 0.2) is 5.00 Å². The van der Waals surface area contributed by atoms with E-state index in [1.807, 2.05) is 13.0 Å². The van der Waals surface area contributed by atoms with Crippen LogP contribution in [0.2, 0.25) is 0 Å². The van der Waals surface area contributed by atoms with Gasteiger partial charge in [-0.2, -0.15) is 0 Å². The Morgan fingerprint density at radius 1 is 1.11 bits per heavy atom. The second-order valence-electron chi connectivity index (χ2n) is 5.39. The molecule has 8 nitrogen and oxygen atoms in total. The second-order valence-corrected chi connectivity index (χ2v) is 6.25. The molecule has 0 aliphatic rings. The Hall–Kier alpha value is -3.33. The van der Waals surface area contributed by atoms with Crippen LogP contribution in [0.25, 0.3) is 0 Å². The Balaban J connectivity index is 1.71. The number of rotatable bonds is 6. The molecule has 0 saturated carbocycles. The predicted molar refractivity (Wildman–Crippen MR) is 104 cm³/mol. The van der Waals surface area contributed by atoms with E-state index in [0.717, 1.165) is 5.69 Å². The summed E-state index contributed by atoms with van der Waals surface area (Å²) in [5, 5.41) is 6.30. The number of amides is 1. The van der Waals surface area contributed by atoms with Crippen molar-refractivity contribution in [2.75, 3.05) is 24.9 Å². The monoisotopic (exact) mass is 386 g/mol. The lowest BCUT2D eigenvalue weighted by molar-refractivity contribution is 0.214. The molecule has 0 spiro atoms. The van der Waals surface area contributed by atoms with Gasteiger partial charge >= 0.3 is 6.09 Å². The SMILES string of the molecule is COc1cc(Nc2scnc2OC(=O)Nc2cccc(C)n2)cc(OC)c1. The fraction of sp³-hybridized carbons (Fsp3) is 0.167. The molecule has 1 amide bonds. The molecule has 9 heteroatoms. The number of thiazole rings is 1. The van der Waals surface area contributed by atoms with Gasteiger partial charge in [-0.3, -0.25) is 5.32 Å². The highest BCUT2D eigenvalue weighted by Crippen LogP contribution is 2.34. The van der Waals surface area contributed by atoms with Gasteiger partial charge in [0.2, 0.25) is 0 Å². The summed E-state index contributed by atoms with van der Waals surface area (Å²) in [4.78, 5) is 20.4. The Morgan fingerprint density at radius 2 is 1.85 bits per heavy atom. The van der Waals surface area contributed by atoms with Gasteiger partial charge in [-0.1, -0.05) is 6.07 Å². The van der Waals surface area contributed by atoms with Gasteiger partial charge in [0.25, 0.3) is 5.88 Å². The molecule has 3 rings (SSSR count). The molecular formula is C18H18N4O4S. The smallest absolute Gasteiger partial charge is 0.419 e. The van der Waals surface area contributed by atoms with Crippen molar-refractivity contribution in [1.82, 2.24) is 9.97 Å². The van der Waals surface area contributed by atoms with Gasteiger partial charge in [0.1, 0.15) is 17.3 Å². The van der Waals surface area contributed by atoms with Crippen molar-refractivity contribution in [3.63, 3.8) is 0 Å². The van der Waals surface area contributed by atoms with E-state index < -0.39 is 6.09 Å². The number of anilines is 3. The van der Waals surface area contributed by atoms with Gasteiger partial charge < -0.3 is 19.5 Å². The molecule has 0 atom stereocenters. The highest BCUT2D eigenvalue weighted by atomic mass is 32.1. The summed E-state index contributed by atoms with van der Waals surface area (Å²) in [6.07, 6.45) is -0.676. The summed E-state index contributed by atoms with van der Waals surface area (Å²) < 4.78 is 15.8. The van der Waals surface area contributed by atoms with E-state index in [2.05, 4.69) is 20.6 Å². The molecule has 0 aliphatic carbocycles. The van der Waals surface area contributed by atoms with E-state index in [-0.39, 0.29) is 5.88 Å². The van der Waals surface area contributed by atoms with Crippen molar-refractivity contribution in [3.8, 4) is 17.4 Å². The van der Waals surface area contributed by atoms with Crippen LogP contribution >= 0.6 is 11.3 Å². The third kappa shape index (κ3) is 4.85. The van der Waals surface area contributed by atoms with Gasteiger partial charge in [0, 0.05) is 29.6 Å². The molecule has 0 saturated heterocycles. The first-order chi connectivity index (χ1) is 13.1. The van der Waals surface area contributed by atoms with Crippen LogP contribution in [0.1, 0.15) is 5.69 Å². The predicted octanol–water partition coefficient (Wildman–Crippen LogP) is 4.22. The Bertz CT molecular complexity index is 922. The molecule has 140 valence electrons. The number of carbonyl (C=O) groups is 1. The van der Waals surface area contributed by atoms with Crippen LogP contribution in [0, 0.1) is 6.92 Å². The lowest BCUT2D eigenvalue weighted by Crippen LogP contribution is -2.18. The maximum absolute atomic E-state index is 12.1. The van der Waals surface area contributed by atoms with Gasteiger partial charge in [-0.15, -0.1) is 11.3 Å². The number of nitrogens with zero attached hydrogens (tertiary/aromatic N) is 2. The van der Waals surface area contributed by atoms with Crippen molar-refractivity contribution >= 4 is 33.9 Å². The van der Waals surface area contributed by atoms with Gasteiger partial charge in [-0.25, -0.2) is 14.8 Å². The van der Waals surface area contributed by atoms with Crippen molar-refractivity contribution in [1.29, 1.82) is 0 Å². The molecule has 2 N–H and O–H groups in total. The number of hydrogen-bond donors (Lipinski definition) is 2. The summed E-state index contributed by atoms with van der Waals surface area (Å²) in [5.41, 5.74) is 3.07. The largest absolute Gasteiger partial charge is 0.497 e. The van der Waals surface area contributed by atoms with Crippen molar-refractivity contribution in [2.24, 2.45) is 0 Å². The number of nitrogens with one attached hydrogen (secondary N) is 2. The van der Waals surface area contributed by atoms with Crippen molar-refractivity contribution < 1.29 is 19.0 Å². The summed E-state index contributed by atoms with van der Waals surface area (Å²) in [6, 6.07) is 10.7. The third-order valence-electron chi connectivity index (χ3n) is 3.45. The van der Waals surface area contributed by atoms with Crippen LogP contribution in [0.15, 0.2) is 41.9 Å². The van der Waals surface area contributed by atoms with Crippen LogP contribution < -0.4 is 24.8 Å². The number of pyridine rings is 1. The molecule has 27 heavy (non-hydrogen) atoms. The van der Waals surface area contributed by atoms with Crippen molar-refractivity contribution in [2.45, 2.75) is 6.92 Å². The molecule has 0 unspecified atom stereocenters. The summed E-state index contributed by atoms with van der Waals surface area (Å²) >= 11 is 1.30. The summed E-state index contributed by atoms with van der Waals surface area (Å²) in [7, 11) is 3.15. The fourth-order valence-corrected chi connectivity index (χ4v) is 2.86. The van der Waals surface area contributed by atoms with Crippen LogP contribution in [0.4, 0.5) is 21.3 Å². The average molecular weight is 386 g/mol. The lowest BCUT2D eigenvalue weighted by Gasteiger charge is -2.10. The number of aryl methyl sites for hydroxylation is 1. The second kappa shape index (κ2) is 8.37. The number of carbonyl (C=O) groups excluding carboxylic acids is 1. The highest BCUT2D eigenvalue weighted by molar-refractivity contribution is 7.14. The van der Waals surface area contributed by atoms with Crippen LogP contribution in [0.3, 0.4) is 0 Å². The first kappa shape index (κ1) is 18.5. The number of methoxy groups -OCH3 is 2. The topological polar surface area (TPSA) is 94.6 Å². The quantitative estimate of drug-likeness (QED) is 0.655. The third-order valence-corrected chi connectivity index (χ3v) is 4.18. The number of hydrogen-bond acceptors (Lipinski definition) is 8. The molecular weight excluding hydrogens is 368 g/mol.